The van der Waals surface area contributed by atoms with Crippen molar-refractivity contribution in [3.63, 3.8) is 0 Å². The summed E-state index contributed by atoms with van der Waals surface area (Å²) in [5.74, 6) is -2.13. The number of nitrogens with zero attached hydrogens (tertiary/aromatic N) is 1. The first-order valence-corrected chi connectivity index (χ1v) is 9.23. The number of amides is 2. The van der Waals surface area contributed by atoms with E-state index >= 15 is 0 Å². The lowest BCUT2D eigenvalue weighted by molar-refractivity contribution is -0.122. The van der Waals surface area contributed by atoms with E-state index in [1.807, 2.05) is 26.0 Å². The number of hydrogen-bond acceptors (Lipinski definition) is 3. The molecule has 1 heterocycles. The van der Waals surface area contributed by atoms with Crippen molar-refractivity contribution < 1.29 is 23.1 Å². The number of benzene rings is 2. The molecule has 156 valence electrons. The first kappa shape index (κ1) is 21.0. The maximum absolute atomic E-state index is 13.7. The Morgan fingerprint density at radius 3 is 2.20 bits per heavy atom. The second-order valence-corrected chi connectivity index (χ2v) is 6.79. The van der Waals surface area contributed by atoms with Crippen LogP contribution in [0.15, 0.2) is 54.6 Å². The molecular formula is C22H21F2N3O3. The van der Waals surface area contributed by atoms with Gasteiger partial charge in [-0.1, -0.05) is 0 Å². The van der Waals surface area contributed by atoms with Gasteiger partial charge < -0.3 is 10.1 Å². The average molecular weight is 413 g/mol. The Kier molecular flexibility index (Phi) is 6.15. The lowest BCUT2D eigenvalue weighted by Crippen LogP contribution is -2.30. The van der Waals surface area contributed by atoms with Crippen LogP contribution in [0, 0.1) is 25.5 Å². The summed E-state index contributed by atoms with van der Waals surface area (Å²) in [5, 5.41) is 2.35. The summed E-state index contributed by atoms with van der Waals surface area (Å²) in [7, 11) is 0. The van der Waals surface area contributed by atoms with Crippen LogP contribution >= 0.6 is 0 Å². The minimum atomic E-state index is -0.945. The topological polar surface area (TPSA) is 72.4 Å². The lowest BCUT2D eigenvalue weighted by atomic mass is 10.2. The van der Waals surface area contributed by atoms with Gasteiger partial charge in [0.15, 0.2) is 6.10 Å². The summed E-state index contributed by atoms with van der Waals surface area (Å²) in [6, 6.07) is 12.9. The third-order valence-corrected chi connectivity index (χ3v) is 4.47. The van der Waals surface area contributed by atoms with Crippen LogP contribution in [0.1, 0.15) is 28.7 Å². The number of halogens is 2. The van der Waals surface area contributed by atoms with Crippen LogP contribution in [0.4, 0.5) is 14.5 Å². The quantitative estimate of drug-likeness (QED) is 0.637. The predicted molar refractivity (Wildman–Crippen MR) is 109 cm³/mol. The van der Waals surface area contributed by atoms with Gasteiger partial charge in [-0.3, -0.25) is 19.7 Å². The Bertz CT molecular complexity index is 1060. The molecule has 0 bridgehead atoms. The van der Waals surface area contributed by atoms with Crippen LogP contribution in [0.3, 0.4) is 0 Å². The summed E-state index contributed by atoms with van der Waals surface area (Å²) in [4.78, 5) is 24.6. The molecule has 0 saturated heterocycles. The third kappa shape index (κ3) is 4.83. The van der Waals surface area contributed by atoms with Crippen molar-refractivity contribution in [2.24, 2.45) is 0 Å². The van der Waals surface area contributed by atoms with Crippen molar-refractivity contribution >= 4 is 17.5 Å². The zero-order valence-electron chi connectivity index (χ0n) is 16.7. The van der Waals surface area contributed by atoms with Crippen LogP contribution in [0.2, 0.25) is 0 Å². The Labute approximate surface area is 172 Å². The number of rotatable bonds is 6. The average Bonchev–Trinajstić information content (AvgIpc) is 3.02. The Morgan fingerprint density at radius 1 is 0.967 bits per heavy atom. The van der Waals surface area contributed by atoms with Crippen molar-refractivity contribution in [3.8, 4) is 5.75 Å². The van der Waals surface area contributed by atoms with Crippen molar-refractivity contribution in [2.75, 3.05) is 10.7 Å². The highest BCUT2D eigenvalue weighted by Gasteiger charge is 2.17. The molecule has 0 aliphatic heterocycles. The van der Waals surface area contributed by atoms with Gasteiger partial charge in [-0.2, -0.15) is 0 Å². The highest BCUT2D eigenvalue weighted by atomic mass is 19.1. The third-order valence-electron chi connectivity index (χ3n) is 4.47. The van der Waals surface area contributed by atoms with Gasteiger partial charge in [0.2, 0.25) is 0 Å². The maximum Gasteiger partial charge on any atom is 0.270 e. The minimum absolute atomic E-state index is 0.139. The molecule has 2 aromatic carbocycles. The van der Waals surface area contributed by atoms with E-state index < -0.39 is 23.6 Å². The van der Waals surface area contributed by atoms with E-state index in [1.165, 1.54) is 6.92 Å². The van der Waals surface area contributed by atoms with E-state index in [0.29, 0.717) is 17.4 Å². The molecule has 1 atom stereocenters. The summed E-state index contributed by atoms with van der Waals surface area (Å²) in [6.07, 6.45) is -0.945. The SMILES string of the molecule is Cc1ccc(C)n1NC(=O)c1ccc(O[C@@H](C)C(=O)Nc2ccc(F)cc2F)cc1. The maximum atomic E-state index is 13.7. The predicted octanol–water partition coefficient (Wildman–Crippen LogP) is 4.17. The summed E-state index contributed by atoms with van der Waals surface area (Å²) < 4.78 is 33.9. The van der Waals surface area contributed by atoms with E-state index in [4.69, 9.17) is 4.74 Å². The number of aromatic nitrogens is 1. The lowest BCUT2D eigenvalue weighted by Gasteiger charge is -2.15. The fourth-order valence-electron chi connectivity index (χ4n) is 2.78. The number of carbonyl (C=O) groups is 2. The molecule has 0 unspecified atom stereocenters. The highest BCUT2D eigenvalue weighted by Crippen LogP contribution is 2.18. The number of aryl methyl sites for hydroxylation is 2. The number of ether oxygens (including phenoxy) is 1. The van der Waals surface area contributed by atoms with Crippen LogP contribution in [0.25, 0.3) is 0 Å². The summed E-state index contributed by atoms with van der Waals surface area (Å²) in [5.41, 5.74) is 4.88. The summed E-state index contributed by atoms with van der Waals surface area (Å²) >= 11 is 0. The van der Waals surface area contributed by atoms with Gasteiger partial charge in [0, 0.05) is 23.0 Å². The fraction of sp³-hybridized carbons (Fsp3) is 0.182. The minimum Gasteiger partial charge on any atom is -0.481 e. The smallest absolute Gasteiger partial charge is 0.270 e. The van der Waals surface area contributed by atoms with Crippen molar-refractivity contribution in [2.45, 2.75) is 26.9 Å². The molecule has 0 aliphatic rings. The first-order valence-electron chi connectivity index (χ1n) is 9.23. The standard InChI is InChI=1S/C22H21F2N3O3/c1-13-4-5-14(2)27(13)26-22(29)16-6-9-18(10-7-16)30-15(3)21(28)25-20-11-8-17(23)12-19(20)24/h4-12,15H,1-3H3,(H,25,28)(H,26,29)/t15-/m0/s1. The van der Waals surface area contributed by atoms with E-state index in [-0.39, 0.29) is 11.6 Å². The van der Waals surface area contributed by atoms with Crippen LogP contribution in [-0.2, 0) is 4.79 Å². The molecule has 1 aromatic heterocycles. The molecule has 6 nitrogen and oxygen atoms in total. The van der Waals surface area contributed by atoms with E-state index in [1.54, 1.807) is 28.9 Å². The van der Waals surface area contributed by atoms with Crippen LogP contribution < -0.4 is 15.5 Å². The van der Waals surface area contributed by atoms with Gasteiger partial charge in [-0.15, -0.1) is 0 Å². The molecule has 0 spiro atoms. The fourth-order valence-corrected chi connectivity index (χ4v) is 2.78. The Hall–Kier alpha value is -3.68. The Morgan fingerprint density at radius 2 is 1.60 bits per heavy atom. The monoisotopic (exact) mass is 413 g/mol. The zero-order valence-corrected chi connectivity index (χ0v) is 16.7. The molecule has 0 aliphatic carbocycles. The van der Waals surface area contributed by atoms with Gasteiger partial charge in [0.1, 0.15) is 17.4 Å². The largest absolute Gasteiger partial charge is 0.481 e. The second kappa shape index (κ2) is 8.77. The van der Waals surface area contributed by atoms with Gasteiger partial charge in [0.05, 0.1) is 5.69 Å². The molecule has 0 radical (unpaired) electrons. The number of anilines is 1. The van der Waals surface area contributed by atoms with Crippen molar-refractivity contribution in [1.82, 2.24) is 4.68 Å². The molecule has 2 amide bonds. The molecule has 0 fully saturated rings. The molecule has 8 heteroatoms. The van der Waals surface area contributed by atoms with Crippen molar-refractivity contribution in [3.05, 3.63) is 83.2 Å². The second-order valence-electron chi connectivity index (χ2n) is 6.79. The first-order chi connectivity index (χ1) is 14.2. The molecule has 2 N–H and O–H groups in total. The number of carbonyl (C=O) groups excluding carboxylic acids is 2. The van der Waals surface area contributed by atoms with Gasteiger partial charge in [-0.05, 0) is 69.3 Å². The van der Waals surface area contributed by atoms with E-state index in [2.05, 4.69) is 10.7 Å². The molecule has 3 aromatic rings. The van der Waals surface area contributed by atoms with E-state index in [0.717, 1.165) is 23.5 Å². The Balaban J connectivity index is 1.60. The summed E-state index contributed by atoms with van der Waals surface area (Å²) in [6.45, 7) is 5.26. The number of nitrogens with one attached hydrogen (secondary N) is 2. The van der Waals surface area contributed by atoms with E-state index in [9.17, 15) is 18.4 Å². The van der Waals surface area contributed by atoms with Gasteiger partial charge in [-0.25, -0.2) is 8.78 Å². The normalized spacial score (nSPS) is 11.6. The zero-order chi connectivity index (χ0) is 21.8. The molecule has 30 heavy (non-hydrogen) atoms. The van der Waals surface area contributed by atoms with Crippen LogP contribution in [-0.4, -0.2) is 22.6 Å². The van der Waals surface area contributed by atoms with Gasteiger partial charge in [0.25, 0.3) is 11.8 Å². The highest BCUT2D eigenvalue weighted by molar-refractivity contribution is 6.00. The van der Waals surface area contributed by atoms with Crippen molar-refractivity contribution in [1.29, 1.82) is 0 Å². The molecule has 3 rings (SSSR count). The molecular weight excluding hydrogens is 392 g/mol. The van der Waals surface area contributed by atoms with Gasteiger partial charge >= 0.3 is 0 Å². The number of hydrogen-bond donors (Lipinski definition) is 2. The van der Waals surface area contributed by atoms with Crippen LogP contribution in [0.5, 0.6) is 5.75 Å². The molecule has 0 saturated carbocycles.